The molecule has 0 aliphatic rings. The van der Waals surface area contributed by atoms with E-state index < -0.39 is 27.4 Å². The monoisotopic (exact) mass is 523 g/mol. The number of nitrogens with zero attached hydrogens (tertiary/aromatic N) is 1. The summed E-state index contributed by atoms with van der Waals surface area (Å²) >= 11 is 0. The van der Waals surface area contributed by atoms with Gasteiger partial charge in [-0.05, 0) is 42.2 Å². The largest absolute Gasteiger partial charge is 0.494 e. The minimum absolute atomic E-state index is 0.0104. The van der Waals surface area contributed by atoms with Gasteiger partial charge in [-0.25, -0.2) is 12.8 Å². The van der Waals surface area contributed by atoms with Gasteiger partial charge in [0.25, 0.3) is 0 Å². The number of rotatable bonds is 11. The highest BCUT2D eigenvalue weighted by Crippen LogP contribution is 2.33. The van der Waals surface area contributed by atoms with E-state index in [1.54, 1.807) is 12.1 Å². The number of benzene rings is 3. The number of sulfone groups is 1. The summed E-state index contributed by atoms with van der Waals surface area (Å²) in [4.78, 5) is 2.06. The summed E-state index contributed by atoms with van der Waals surface area (Å²) in [6.45, 7) is 3.23. The molecule has 4 nitrogen and oxygen atoms in total. The lowest BCUT2D eigenvalue weighted by atomic mass is 10.00. The van der Waals surface area contributed by atoms with Crippen molar-refractivity contribution in [1.29, 1.82) is 0 Å². The van der Waals surface area contributed by atoms with Gasteiger partial charge in [-0.1, -0.05) is 55.5 Å². The second-order valence-electron chi connectivity index (χ2n) is 8.77. The highest BCUT2D eigenvalue weighted by Gasteiger charge is 2.35. The summed E-state index contributed by atoms with van der Waals surface area (Å²) in [7, 11) is -3.37. The Bertz CT molecular complexity index is 1250. The molecule has 1 atom stereocenters. The average molecular weight is 524 g/mol. The van der Waals surface area contributed by atoms with Crippen LogP contribution in [0, 0.1) is 5.82 Å². The minimum atomic E-state index is -4.77. The van der Waals surface area contributed by atoms with Crippen LogP contribution in [-0.4, -0.2) is 39.3 Å². The van der Waals surface area contributed by atoms with Crippen molar-refractivity contribution >= 4 is 9.84 Å². The normalized spacial score (nSPS) is 13.1. The third-order valence-electron chi connectivity index (χ3n) is 5.80. The van der Waals surface area contributed by atoms with Crippen molar-refractivity contribution < 1.29 is 30.7 Å². The summed E-state index contributed by atoms with van der Waals surface area (Å²) in [5.74, 6) is -0.783. The molecule has 0 aromatic heterocycles. The molecule has 0 aliphatic heterocycles. The fourth-order valence-electron chi connectivity index (χ4n) is 3.94. The van der Waals surface area contributed by atoms with Crippen LogP contribution in [0.2, 0.25) is 0 Å². The van der Waals surface area contributed by atoms with Crippen molar-refractivity contribution in [3.05, 3.63) is 95.3 Å². The van der Waals surface area contributed by atoms with E-state index in [0.717, 1.165) is 17.9 Å². The van der Waals surface area contributed by atoms with Crippen LogP contribution in [0.1, 0.15) is 36.0 Å². The first kappa shape index (κ1) is 27.7. The fraction of sp³-hybridized carbons (Fsp3) is 0.333. The smallest absolute Gasteiger partial charge is 0.419 e. The summed E-state index contributed by atoms with van der Waals surface area (Å²) in [5, 5.41) is 0. The molecular weight excluding hydrogens is 494 g/mol. The molecular formula is C27H29F4NO3S. The Hall–Kier alpha value is -2.91. The molecule has 0 heterocycles. The van der Waals surface area contributed by atoms with Gasteiger partial charge in [0, 0.05) is 31.5 Å². The minimum Gasteiger partial charge on any atom is -0.494 e. The van der Waals surface area contributed by atoms with Crippen LogP contribution < -0.4 is 4.74 Å². The third kappa shape index (κ3) is 7.80. The molecule has 3 aromatic carbocycles. The Balaban J connectivity index is 1.71. The predicted octanol–water partition coefficient (Wildman–Crippen LogP) is 6.32. The average Bonchev–Trinajstić information content (AvgIpc) is 2.82. The summed E-state index contributed by atoms with van der Waals surface area (Å²) in [5.41, 5.74) is -0.224. The van der Waals surface area contributed by atoms with Crippen LogP contribution in [0.15, 0.2) is 77.7 Å². The van der Waals surface area contributed by atoms with Crippen LogP contribution in [0.3, 0.4) is 0 Å². The Morgan fingerprint density at radius 2 is 1.67 bits per heavy atom. The molecule has 0 N–H and O–H groups in total. The van der Waals surface area contributed by atoms with E-state index >= 15 is 0 Å². The van der Waals surface area contributed by atoms with Crippen LogP contribution in [0.5, 0.6) is 5.75 Å². The quantitative estimate of drug-likeness (QED) is 0.218. The van der Waals surface area contributed by atoms with Gasteiger partial charge < -0.3 is 4.74 Å². The first-order valence-electron chi connectivity index (χ1n) is 11.5. The van der Waals surface area contributed by atoms with Crippen molar-refractivity contribution in [3.8, 4) is 5.75 Å². The van der Waals surface area contributed by atoms with Crippen molar-refractivity contribution in [1.82, 2.24) is 4.90 Å². The van der Waals surface area contributed by atoms with Gasteiger partial charge in [-0.3, -0.25) is 4.90 Å². The van der Waals surface area contributed by atoms with Crippen molar-refractivity contribution in [2.75, 3.05) is 26.0 Å². The molecule has 0 saturated carbocycles. The van der Waals surface area contributed by atoms with E-state index in [-0.39, 0.29) is 29.5 Å². The van der Waals surface area contributed by atoms with E-state index in [1.165, 1.54) is 24.3 Å². The van der Waals surface area contributed by atoms with Gasteiger partial charge in [-0.15, -0.1) is 0 Å². The topological polar surface area (TPSA) is 46.6 Å². The molecule has 1 unspecified atom stereocenters. The number of hydrogen-bond donors (Lipinski definition) is 0. The molecule has 36 heavy (non-hydrogen) atoms. The molecule has 3 aromatic rings. The molecule has 194 valence electrons. The van der Waals surface area contributed by atoms with Crippen molar-refractivity contribution in [2.45, 2.75) is 36.9 Å². The first-order valence-corrected chi connectivity index (χ1v) is 13.4. The second-order valence-corrected chi connectivity index (χ2v) is 10.8. The fourth-order valence-corrected chi connectivity index (χ4v) is 4.60. The van der Waals surface area contributed by atoms with E-state index in [9.17, 15) is 26.0 Å². The maximum Gasteiger partial charge on any atom is 0.419 e. The Morgan fingerprint density at radius 3 is 2.33 bits per heavy atom. The van der Waals surface area contributed by atoms with Crippen LogP contribution in [0.4, 0.5) is 17.6 Å². The molecule has 0 aliphatic carbocycles. The predicted molar refractivity (Wildman–Crippen MR) is 131 cm³/mol. The van der Waals surface area contributed by atoms with Crippen LogP contribution in [0.25, 0.3) is 0 Å². The number of alkyl halides is 3. The summed E-state index contributed by atoms with van der Waals surface area (Å²) in [6.07, 6.45) is -3.15. The second kappa shape index (κ2) is 11.9. The standard InChI is InChI=1S/C27H29F4NO3S/c1-20(21-9-4-3-5-10-21)18-32(19-22-11-6-14-25(26(22)28)27(29,30)31)15-8-16-35-23-12-7-13-24(17-23)36(2,33)34/h3-7,9-14,17,20H,8,15-16,18-19H2,1-2H3. The summed E-state index contributed by atoms with van der Waals surface area (Å²) in [6, 6.07) is 19.2. The first-order chi connectivity index (χ1) is 16.9. The lowest BCUT2D eigenvalue weighted by molar-refractivity contribution is -0.140. The van der Waals surface area contributed by atoms with E-state index in [0.29, 0.717) is 25.3 Å². The summed E-state index contributed by atoms with van der Waals surface area (Å²) < 4.78 is 83.5. The zero-order chi connectivity index (χ0) is 26.3. The molecule has 3 rings (SSSR count). The molecule has 0 saturated heterocycles. The third-order valence-corrected chi connectivity index (χ3v) is 6.91. The van der Waals surface area contributed by atoms with Gasteiger partial charge in [0.15, 0.2) is 9.84 Å². The number of halogens is 4. The number of ether oxygens (including phenoxy) is 1. The van der Waals surface area contributed by atoms with Gasteiger partial charge >= 0.3 is 6.18 Å². The van der Waals surface area contributed by atoms with Gasteiger partial charge in [0.1, 0.15) is 11.6 Å². The van der Waals surface area contributed by atoms with Crippen molar-refractivity contribution in [2.24, 2.45) is 0 Å². The Morgan fingerprint density at radius 1 is 0.972 bits per heavy atom. The zero-order valence-electron chi connectivity index (χ0n) is 20.1. The molecule has 0 amide bonds. The molecule has 0 bridgehead atoms. The maximum atomic E-state index is 14.7. The molecule has 0 radical (unpaired) electrons. The Kier molecular flexibility index (Phi) is 9.13. The SMILES string of the molecule is CC(CN(CCCOc1cccc(S(C)(=O)=O)c1)Cc1cccc(C(F)(F)F)c1F)c1ccccc1. The van der Waals surface area contributed by atoms with Gasteiger partial charge in [0.2, 0.25) is 0 Å². The lowest BCUT2D eigenvalue weighted by Crippen LogP contribution is -2.30. The van der Waals surface area contributed by atoms with E-state index in [4.69, 9.17) is 4.74 Å². The maximum absolute atomic E-state index is 14.7. The van der Waals surface area contributed by atoms with Gasteiger partial charge in [0.05, 0.1) is 17.1 Å². The zero-order valence-corrected chi connectivity index (χ0v) is 20.9. The number of hydrogen-bond acceptors (Lipinski definition) is 4. The highest BCUT2D eigenvalue weighted by atomic mass is 32.2. The van der Waals surface area contributed by atoms with Crippen molar-refractivity contribution in [3.63, 3.8) is 0 Å². The molecule has 0 spiro atoms. The van der Waals surface area contributed by atoms with Crippen LogP contribution in [-0.2, 0) is 22.6 Å². The van der Waals surface area contributed by atoms with E-state index in [1.807, 2.05) is 42.2 Å². The van der Waals surface area contributed by atoms with Gasteiger partial charge in [-0.2, -0.15) is 13.2 Å². The van der Waals surface area contributed by atoms with Crippen LogP contribution >= 0.6 is 0 Å². The Labute approximate surface area is 209 Å². The molecule has 0 fully saturated rings. The van der Waals surface area contributed by atoms with E-state index in [2.05, 4.69) is 0 Å². The highest BCUT2D eigenvalue weighted by molar-refractivity contribution is 7.90. The lowest BCUT2D eigenvalue weighted by Gasteiger charge is -2.27. The molecule has 9 heteroatoms.